The Bertz CT molecular complexity index is 1080. The molecule has 25 heavy (non-hydrogen) atoms. The maximum absolute atomic E-state index is 12.3. The van der Waals surface area contributed by atoms with Gasteiger partial charge in [-0.3, -0.25) is 0 Å². The second-order valence-corrected chi connectivity index (χ2v) is 5.84. The molecule has 0 aliphatic rings. The van der Waals surface area contributed by atoms with Gasteiger partial charge in [-0.1, -0.05) is 30.3 Å². The summed E-state index contributed by atoms with van der Waals surface area (Å²) in [6.07, 6.45) is 0. The number of hydrogen-bond acceptors (Lipinski definition) is 3. The molecule has 1 heterocycles. The van der Waals surface area contributed by atoms with Gasteiger partial charge < -0.3 is 14.5 Å². The minimum Gasteiger partial charge on any atom is -0.497 e. The molecule has 1 aromatic heterocycles. The minimum atomic E-state index is -0.360. The Morgan fingerprint density at radius 2 is 1.68 bits per heavy atom. The number of methoxy groups -OCH3 is 2. The van der Waals surface area contributed by atoms with E-state index >= 15 is 0 Å². The molecule has 0 atom stereocenters. The topological polar surface area (TPSA) is 51.3 Å². The Morgan fingerprint density at radius 3 is 2.40 bits per heavy atom. The Labute approximate surface area is 145 Å². The van der Waals surface area contributed by atoms with Gasteiger partial charge in [0, 0.05) is 16.3 Å². The van der Waals surface area contributed by atoms with Gasteiger partial charge in [-0.25, -0.2) is 4.79 Å². The fourth-order valence-electron chi connectivity index (χ4n) is 3.17. The quantitative estimate of drug-likeness (QED) is 0.550. The van der Waals surface area contributed by atoms with Crippen LogP contribution in [0.4, 0.5) is 0 Å². The number of ether oxygens (including phenoxy) is 2. The van der Waals surface area contributed by atoms with Gasteiger partial charge in [-0.05, 0) is 41.5 Å². The normalized spacial score (nSPS) is 11.0. The van der Waals surface area contributed by atoms with E-state index in [-0.39, 0.29) is 5.97 Å². The molecule has 4 rings (SSSR count). The van der Waals surface area contributed by atoms with Crippen molar-refractivity contribution in [2.75, 3.05) is 14.2 Å². The van der Waals surface area contributed by atoms with Crippen LogP contribution in [-0.2, 0) is 4.74 Å². The Morgan fingerprint density at radius 1 is 0.880 bits per heavy atom. The molecule has 0 unspecified atom stereocenters. The first-order valence-electron chi connectivity index (χ1n) is 7.98. The summed E-state index contributed by atoms with van der Waals surface area (Å²) in [5.74, 6) is 0.416. The van der Waals surface area contributed by atoms with E-state index in [1.165, 1.54) is 7.11 Å². The molecule has 0 saturated carbocycles. The highest BCUT2D eigenvalue weighted by Crippen LogP contribution is 2.34. The summed E-state index contributed by atoms with van der Waals surface area (Å²) >= 11 is 0. The number of aromatic amines is 1. The number of aromatic nitrogens is 1. The Hall–Kier alpha value is -3.27. The smallest absolute Gasteiger partial charge is 0.340 e. The van der Waals surface area contributed by atoms with Crippen molar-refractivity contribution in [2.45, 2.75) is 0 Å². The summed E-state index contributed by atoms with van der Waals surface area (Å²) in [6, 6.07) is 19.8. The highest BCUT2D eigenvalue weighted by atomic mass is 16.5. The summed E-state index contributed by atoms with van der Waals surface area (Å²) in [5.41, 5.74) is 4.26. The monoisotopic (exact) mass is 331 g/mol. The van der Waals surface area contributed by atoms with E-state index in [1.54, 1.807) is 7.11 Å². The lowest BCUT2D eigenvalue weighted by atomic mass is 9.99. The maximum Gasteiger partial charge on any atom is 0.340 e. The highest BCUT2D eigenvalue weighted by Gasteiger charge is 2.17. The van der Waals surface area contributed by atoms with Crippen molar-refractivity contribution in [1.82, 2.24) is 4.98 Å². The van der Waals surface area contributed by atoms with E-state index in [9.17, 15) is 4.79 Å². The Balaban J connectivity index is 2.08. The molecule has 0 bridgehead atoms. The van der Waals surface area contributed by atoms with Crippen molar-refractivity contribution in [2.24, 2.45) is 0 Å². The van der Waals surface area contributed by atoms with E-state index in [2.05, 4.69) is 11.1 Å². The average molecular weight is 331 g/mol. The summed E-state index contributed by atoms with van der Waals surface area (Å²) in [4.78, 5) is 15.7. The zero-order valence-electron chi connectivity index (χ0n) is 14.0. The molecule has 124 valence electrons. The van der Waals surface area contributed by atoms with Crippen LogP contribution in [0.3, 0.4) is 0 Å². The first-order chi connectivity index (χ1) is 12.2. The van der Waals surface area contributed by atoms with Gasteiger partial charge >= 0.3 is 5.97 Å². The standard InChI is InChI=1S/C21H17NO3/c1-24-15-8-9-19-16(12-15)17-10-14(13-6-4-3-5-7-13)11-18(20(17)22-19)21(23)25-2/h3-12,22H,1-2H3. The van der Waals surface area contributed by atoms with Crippen molar-refractivity contribution >= 4 is 27.8 Å². The molecule has 4 aromatic rings. The van der Waals surface area contributed by atoms with Gasteiger partial charge in [0.25, 0.3) is 0 Å². The summed E-state index contributed by atoms with van der Waals surface area (Å²) < 4.78 is 10.3. The van der Waals surface area contributed by atoms with Crippen LogP contribution in [-0.4, -0.2) is 25.2 Å². The largest absolute Gasteiger partial charge is 0.497 e. The van der Waals surface area contributed by atoms with Gasteiger partial charge in [0.2, 0.25) is 0 Å². The second kappa shape index (κ2) is 5.98. The van der Waals surface area contributed by atoms with Crippen molar-refractivity contribution in [3.05, 3.63) is 66.2 Å². The number of hydrogen-bond donors (Lipinski definition) is 1. The highest BCUT2D eigenvalue weighted by molar-refractivity contribution is 6.15. The van der Waals surface area contributed by atoms with Gasteiger partial charge in [-0.15, -0.1) is 0 Å². The van der Waals surface area contributed by atoms with Crippen LogP contribution in [0, 0.1) is 0 Å². The molecule has 0 radical (unpaired) electrons. The molecule has 3 aromatic carbocycles. The number of nitrogens with one attached hydrogen (secondary N) is 1. The minimum absolute atomic E-state index is 0.360. The van der Waals surface area contributed by atoms with Crippen molar-refractivity contribution in [1.29, 1.82) is 0 Å². The SMILES string of the molecule is COC(=O)c1cc(-c2ccccc2)cc2c1[nH]c1ccc(OC)cc12. The predicted octanol–water partition coefficient (Wildman–Crippen LogP) is 4.78. The van der Waals surface area contributed by atoms with E-state index in [4.69, 9.17) is 9.47 Å². The molecule has 0 aliphatic carbocycles. The third kappa shape index (κ3) is 2.52. The lowest BCUT2D eigenvalue weighted by Crippen LogP contribution is -2.02. The fourth-order valence-corrected chi connectivity index (χ4v) is 3.17. The fraction of sp³-hybridized carbons (Fsp3) is 0.0952. The first-order valence-corrected chi connectivity index (χ1v) is 7.98. The molecule has 0 saturated heterocycles. The number of esters is 1. The molecule has 0 spiro atoms. The molecule has 0 aliphatic heterocycles. The van der Waals surface area contributed by atoms with E-state index < -0.39 is 0 Å². The third-order valence-corrected chi connectivity index (χ3v) is 4.43. The maximum atomic E-state index is 12.3. The van der Waals surface area contributed by atoms with E-state index in [0.29, 0.717) is 5.56 Å². The molecule has 0 amide bonds. The van der Waals surface area contributed by atoms with Gasteiger partial charge in [0.1, 0.15) is 5.75 Å². The lowest BCUT2D eigenvalue weighted by molar-refractivity contribution is 0.0603. The van der Waals surface area contributed by atoms with E-state index in [0.717, 1.165) is 38.7 Å². The number of carbonyl (C=O) groups excluding carboxylic acids is 1. The molecule has 0 fully saturated rings. The molecular formula is C21H17NO3. The van der Waals surface area contributed by atoms with E-state index in [1.807, 2.05) is 54.6 Å². The lowest BCUT2D eigenvalue weighted by Gasteiger charge is -2.07. The first kappa shape index (κ1) is 15.3. The molecule has 1 N–H and O–H groups in total. The number of carbonyl (C=O) groups is 1. The predicted molar refractivity (Wildman–Crippen MR) is 99.1 cm³/mol. The van der Waals surface area contributed by atoms with Crippen LogP contribution < -0.4 is 4.74 Å². The van der Waals surface area contributed by atoms with Crippen LogP contribution in [0.25, 0.3) is 32.9 Å². The molecular weight excluding hydrogens is 314 g/mol. The van der Waals surface area contributed by atoms with Crippen LogP contribution in [0.2, 0.25) is 0 Å². The number of benzene rings is 3. The Kier molecular flexibility index (Phi) is 3.65. The van der Waals surface area contributed by atoms with Crippen LogP contribution in [0.5, 0.6) is 5.75 Å². The van der Waals surface area contributed by atoms with Crippen molar-refractivity contribution < 1.29 is 14.3 Å². The zero-order chi connectivity index (χ0) is 17.4. The van der Waals surface area contributed by atoms with Gasteiger partial charge in [0.15, 0.2) is 0 Å². The van der Waals surface area contributed by atoms with Crippen molar-refractivity contribution in [3.63, 3.8) is 0 Å². The second-order valence-electron chi connectivity index (χ2n) is 5.84. The number of rotatable bonds is 3. The zero-order valence-corrected chi connectivity index (χ0v) is 14.0. The number of H-pyrrole nitrogens is 1. The third-order valence-electron chi connectivity index (χ3n) is 4.43. The van der Waals surface area contributed by atoms with Gasteiger partial charge in [0.05, 0.1) is 25.3 Å². The number of fused-ring (bicyclic) bond motifs is 3. The van der Waals surface area contributed by atoms with Crippen molar-refractivity contribution in [3.8, 4) is 16.9 Å². The summed E-state index contributed by atoms with van der Waals surface area (Å²) in [7, 11) is 3.04. The average Bonchev–Trinajstić information content (AvgIpc) is 3.05. The molecule has 4 nitrogen and oxygen atoms in total. The van der Waals surface area contributed by atoms with Crippen LogP contribution in [0.1, 0.15) is 10.4 Å². The van der Waals surface area contributed by atoms with Crippen LogP contribution >= 0.6 is 0 Å². The van der Waals surface area contributed by atoms with Gasteiger partial charge in [-0.2, -0.15) is 0 Å². The summed E-state index contributed by atoms with van der Waals surface area (Å²) in [6.45, 7) is 0. The summed E-state index contributed by atoms with van der Waals surface area (Å²) in [5, 5.41) is 1.98. The van der Waals surface area contributed by atoms with Crippen LogP contribution in [0.15, 0.2) is 60.7 Å². The molecule has 4 heteroatoms.